The molecule has 1 amide bonds. The molecule has 0 saturated carbocycles. The molecule has 0 unspecified atom stereocenters. The highest BCUT2D eigenvalue weighted by atomic mass is 16.1. The molecule has 0 saturated heterocycles. The summed E-state index contributed by atoms with van der Waals surface area (Å²) in [6, 6.07) is 18.5. The number of para-hydroxylation sites is 1. The van der Waals surface area contributed by atoms with E-state index in [4.69, 9.17) is 5.10 Å². The van der Waals surface area contributed by atoms with Gasteiger partial charge in [0.2, 0.25) is 5.91 Å². The molecule has 3 rings (SSSR count). The van der Waals surface area contributed by atoms with E-state index in [2.05, 4.69) is 41.8 Å². The number of aryl methyl sites for hydroxylation is 1. The van der Waals surface area contributed by atoms with E-state index >= 15 is 0 Å². The maximum atomic E-state index is 11.9. The van der Waals surface area contributed by atoms with Crippen molar-refractivity contribution >= 4 is 5.91 Å². The molecule has 2 N–H and O–H groups in total. The van der Waals surface area contributed by atoms with Crippen LogP contribution in [0, 0.1) is 6.92 Å². The summed E-state index contributed by atoms with van der Waals surface area (Å²) in [6.07, 6.45) is 2.03. The van der Waals surface area contributed by atoms with E-state index in [1.807, 2.05) is 55.1 Å². The quantitative estimate of drug-likeness (QED) is 0.677. The third kappa shape index (κ3) is 5.05. The third-order valence-corrected chi connectivity index (χ3v) is 4.19. The van der Waals surface area contributed by atoms with E-state index in [9.17, 15) is 4.79 Å². The normalized spacial score (nSPS) is 11.0. The van der Waals surface area contributed by atoms with Crippen LogP contribution in [0.15, 0.2) is 60.8 Å². The summed E-state index contributed by atoms with van der Waals surface area (Å²) < 4.78 is 1.89. The van der Waals surface area contributed by atoms with Crippen molar-refractivity contribution in [3.05, 3.63) is 71.9 Å². The topological polar surface area (TPSA) is 59.0 Å². The highest BCUT2D eigenvalue weighted by Gasteiger charge is 2.13. The maximum Gasteiger partial charge on any atom is 0.234 e. The van der Waals surface area contributed by atoms with E-state index in [0.717, 1.165) is 22.5 Å². The number of carbonyl (C=O) groups excluding carboxylic acids is 1. The van der Waals surface area contributed by atoms with Gasteiger partial charge in [0.05, 0.1) is 17.9 Å². The number of carbonyl (C=O) groups is 1. The molecule has 2 aromatic carbocycles. The number of hydrogen-bond acceptors (Lipinski definition) is 3. The molecule has 0 fully saturated rings. The maximum absolute atomic E-state index is 11.9. The Morgan fingerprint density at radius 3 is 2.44 bits per heavy atom. The zero-order valence-corrected chi connectivity index (χ0v) is 16.1. The highest BCUT2D eigenvalue weighted by molar-refractivity contribution is 5.78. The SMILES string of the molecule is Cc1ccc(-c2nn(-c3ccccc3)cc2CNCC(=O)NC(C)C)cc1. The summed E-state index contributed by atoms with van der Waals surface area (Å²) in [7, 11) is 0. The number of hydrogen-bond donors (Lipinski definition) is 2. The molecule has 1 heterocycles. The third-order valence-electron chi connectivity index (χ3n) is 4.19. The monoisotopic (exact) mass is 362 g/mol. The molecule has 0 bridgehead atoms. The van der Waals surface area contributed by atoms with Crippen LogP contribution in [0.2, 0.25) is 0 Å². The Kier molecular flexibility index (Phi) is 6.04. The molecule has 0 aliphatic heterocycles. The van der Waals surface area contributed by atoms with Gasteiger partial charge in [-0.2, -0.15) is 5.10 Å². The fourth-order valence-electron chi connectivity index (χ4n) is 2.89. The highest BCUT2D eigenvalue weighted by Crippen LogP contribution is 2.24. The van der Waals surface area contributed by atoms with Gasteiger partial charge in [0, 0.05) is 29.9 Å². The van der Waals surface area contributed by atoms with Crippen LogP contribution in [0.4, 0.5) is 0 Å². The largest absolute Gasteiger partial charge is 0.353 e. The van der Waals surface area contributed by atoms with Crippen LogP contribution in [-0.4, -0.2) is 28.3 Å². The van der Waals surface area contributed by atoms with E-state index in [1.165, 1.54) is 5.56 Å². The van der Waals surface area contributed by atoms with E-state index < -0.39 is 0 Å². The van der Waals surface area contributed by atoms with E-state index in [1.54, 1.807) is 0 Å². The molecule has 0 aliphatic carbocycles. The van der Waals surface area contributed by atoms with Gasteiger partial charge in [0.25, 0.3) is 0 Å². The van der Waals surface area contributed by atoms with Gasteiger partial charge in [-0.15, -0.1) is 0 Å². The average Bonchev–Trinajstić information content (AvgIpc) is 3.07. The lowest BCUT2D eigenvalue weighted by Gasteiger charge is -2.09. The van der Waals surface area contributed by atoms with Gasteiger partial charge in [-0.25, -0.2) is 4.68 Å². The molecule has 5 heteroatoms. The van der Waals surface area contributed by atoms with Gasteiger partial charge >= 0.3 is 0 Å². The lowest BCUT2D eigenvalue weighted by molar-refractivity contribution is -0.120. The number of nitrogens with one attached hydrogen (secondary N) is 2. The first kappa shape index (κ1) is 18.9. The van der Waals surface area contributed by atoms with Crippen LogP contribution in [0.3, 0.4) is 0 Å². The van der Waals surface area contributed by atoms with E-state index in [0.29, 0.717) is 6.54 Å². The first-order valence-corrected chi connectivity index (χ1v) is 9.24. The van der Waals surface area contributed by atoms with Crippen LogP contribution in [0.1, 0.15) is 25.0 Å². The molecule has 0 spiro atoms. The first-order chi connectivity index (χ1) is 13.0. The van der Waals surface area contributed by atoms with Crippen molar-refractivity contribution in [3.8, 4) is 16.9 Å². The van der Waals surface area contributed by atoms with E-state index in [-0.39, 0.29) is 18.5 Å². The van der Waals surface area contributed by atoms with Crippen LogP contribution in [0.5, 0.6) is 0 Å². The Bertz CT molecular complexity index is 882. The molecule has 5 nitrogen and oxygen atoms in total. The Hall–Kier alpha value is -2.92. The fraction of sp³-hybridized carbons (Fsp3) is 0.273. The van der Waals surface area contributed by atoms with Crippen molar-refractivity contribution in [2.45, 2.75) is 33.4 Å². The van der Waals surface area contributed by atoms with Gasteiger partial charge < -0.3 is 10.6 Å². The summed E-state index contributed by atoms with van der Waals surface area (Å²) in [4.78, 5) is 11.9. The second-order valence-corrected chi connectivity index (χ2v) is 6.97. The smallest absolute Gasteiger partial charge is 0.234 e. The molecule has 0 radical (unpaired) electrons. The average molecular weight is 362 g/mol. The lowest BCUT2D eigenvalue weighted by atomic mass is 10.1. The fourth-order valence-corrected chi connectivity index (χ4v) is 2.89. The summed E-state index contributed by atoms with van der Waals surface area (Å²) >= 11 is 0. The van der Waals surface area contributed by atoms with Crippen molar-refractivity contribution in [2.24, 2.45) is 0 Å². The number of amides is 1. The minimum absolute atomic E-state index is 0.00247. The zero-order chi connectivity index (χ0) is 19.2. The molecular weight excluding hydrogens is 336 g/mol. The Morgan fingerprint density at radius 1 is 1.07 bits per heavy atom. The van der Waals surface area contributed by atoms with Crippen molar-refractivity contribution in [2.75, 3.05) is 6.54 Å². The van der Waals surface area contributed by atoms with Gasteiger partial charge in [-0.1, -0.05) is 48.0 Å². The predicted octanol–water partition coefficient (Wildman–Crippen LogP) is 3.46. The standard InChI is InChI=1S/C22H26N4O/c1-16(2)24-21(27)14-23-13-19-15-26(20-7-5-4-6-8-20)25-22(19)18-11-9-17(3)10-12-18/h4-12,15-16,23H,13-14H2,1-3H3,(H,24,27). The summed E-state index contributed by atoms with van der Waals surface area (Å²) in [5.41, 5.74) is 5.27. The van der Waals surface area contributed by atoms with Crippen molar-refractivity contribution in [1.29, 1.82) is 0 Å². The Labute approximate surface area is 160 Å². The molecule has 1 aromatic heterocycles. The molecule has 3 aromatic rings. The van der Waals surface area contributed by atoms with Crippen molar-refractivity contribution in [1.82, 2.24) is 20.4 Å². The number of rotatable bonds is 7. The zero-order valence-electron chi connectivity index (χ0n) is 16.1. The van der Waals surface area contributed by atoms with Crippen molar-refractivity contribution in [3.63, 3.8) is 0 Å². The van der Waals surface area contributed by atoms with Gasteiger partial charge in [-0.3, -0.25) is 4.79 Å². The van der Waals surface area contributed by atoms with Gasteiger partial charge in [-0.05, 0) is 32.9 Å². The minimum Gasteiger partial charge on any atom is -0.353 e. The Balaban J connectivity index is 1.83. The van der Waals surface area contributed by atoms with Crippen LogP contribution in [-0.2, 0) is 11.3 Å². The van der Waals surface area contributed by atoms with Crippen LogP contribution >= 0.6 is 0 Å². The van der Waals surface area contributed by atoms with Crippen LogP contribution < -0.4 is 10.6 Å². The molecule has 0 atom stereocenters. The number of benzene rings is 2. The second kappa shape index (κ2) is 8.64. The Morgan fingerprint density at radius 2 is 1.78 bits per heavy atom. The van der Waals surface area contributed by atoms with Gasteiger partial charge in [0.1, 0.15) is 0 Å². The summed E-state index contributed by atoms with van der Waals surface area (Å²) in [6.45, 7) is 6.83. The lowest BCUT2D eigenvalue weighted by Crippen LogP contribution is -2.37. The predicted molar refractivity (Wildman–Crippen MR) is 109 cm³/mol. The summed E-state index contributed by atoms with van der Waals surface area (Å²) in [5, 5.41) is 10.9. The molecule has 27 heavy (non-hydrogen) atoms. The van der Waals surface area contributed by atoms with Gasteiger partial charge in [0.15, 0.2) is 0 Å². The first-order valence-electron chi connectivity index (χ1n) is 9.24. The number of aromatic nitrogens is 2. The second-order valence-electron chi connectivity index (χ2n) is 6.97. The molecule has 0 aliphatic rings. The van der Waals surface area contributed by atoms with Crippen molar-refractivity contribution < 1.29 is 4.79 Å². The van der Waals surface area contributed by atoms with Crippen LogP contribution in [0.25, 0.3) is 16.9 Å². The molecular formula is C22H26N4O. The minimum atomic E-state index is -0.00247. The molecule has 140 valence electrons. The number of nitrogens with zero attached hydrogens (tertiary/aromatic N) is 2. The summed E-state index contributed by atoms with van der Waals surface area (Å²) in [5.74, 6) is -0.00247.